The van der Waals surface area contributed by atoms with Crippen molar-refractivity contribution in [1.82, 2.24) is 0 Å². The van der Waals surface area contributed by atoms with Crippen LogP contribution in [0.1, 0.15) is 6.92 Å². The van der Waals surface area contributed by atoms with Crippen molar-refractivity contribution in [3.8, 4) is 11.5 Å². The Balaban J connectivity index is 2.67. The predicted molar refractivity (Wildman–Crippen MR) is 73.9 cm³/mol. The van der Waals surface area contributed by atoms with Gasteiger partial charge in [-0.05, 0) is 19.1 Å². The number of benzene rings is 1. The van der Waals surface area contributed by atoms with Crippen molar-refractivity contribution in [3.63, 3.8) is 0 Å². The molecule has 0 aliphatic heterocycles. The molecule has 0 radical (unpaired) electrons. The predicted octanol–water partition coefficient (Wildman–Crippen LogP) is 1.76. The molecule has 0 heterocycles. The van der Waals surface area contributed by atoms with Crippen molar-refractivity contribution in [2.45, 2.75) is 6.92 Å². The number of ether oxygens (including phenoxy) is 3. The van der Waals surface area contributed by atoms with Gasteiger partial charge in [0.15, 0.2) is 6.61 Å². The molecule has 6 heteroatoms. The third-order valence-corrected chi connectivity index (χ3v) is 2.33. The van der Waals surface area contributed by atoms with E-state index in [4.69, 9.17) is 14.2 Å². The summed E-state index contributed by atoms with van der Waals surface area (Å²) in [4.78, 5) is 22.8. The van der Waals surface area contributed by atoms with E-state index in [-0.39, 0.29) is 6.61 Å². The molecule has 1 rings (SSSR count). The Bertz CT molecular complexity index is 510. The maximum Gasteiger partial charge on any atom is 0.330 e. The highest BCUT2D eigenvalue weighted by Crippen LogP contribution is 2.28. The second kappa shape index (κ2) is 7.83. The maximum absolute atomic E-state index is 11.7. The van der Waals surface area contributed by atoms with Gasteiger partial charge >= 0.3 is 5.97 Å². The van der Waals surface area contributed by atoms with Crippen LogP contribution in [-0.2, 0) is 14.3 Å². The summed E-state index contributed by atoms with van der Waals surface area (Å²) in [5.74, 6) is 0.0283. The Morgan fingerprint density at radius 3 is 2.60 bits per heavy atom. The van der Waals surface area contributed by atoms with Gasteiger partial charge in [-0.2, -0.15) is 0 Å². The molecule has 20 heavy (non-hydrogen) atoms. The lowest BCUT2D eigenvalue weighted by Gasteiger charge is -2.11. The smallest absolute Gasteiger partial charge is 0.330 e. The van der Waals surface area contributed by atoms with Gasteiger partial charge in [0.1, 0.15) is 11.5 Å². The van der Waals surface area contributed by atoms with Crippen molar-refractivity contribution in [2.24, 2.45) is 0 Å². The summed E-state index contributed by atoms with van der Waals surface area (Å²) in [6.45, 7) is 1.31. The number of hydrogen-bond donors (Lipinski definition) is 1. The summed E-state index contributed by atoms with van der Waals surface area (Å²) >= 11 is 0. The molecule has 0 atom stereocenters. The van der Waals surface area contributed by atoms with Crippen molar-refractivity contribution >= 4 is 17.6 Å². The summed E-state index contributed by atoms with van der Waals surface area (Å²) < 4.78 is 14.9. The maximum atomic E-state index is 11.7. The molecule has 108 valence electrons. The van der Waals surface area contributed by atoms with E-state index < -0.39 is 11.9 Å². The van der Waals surface area contributed by atoms with E-state index in [1.807, 2.05) is 0 Å². The first-order chi connectivity index (χ1) is 9.60. The number of rotatable bonds is 6. The summed E-state index contributed by atoms with van der Waals surface area (Å²) in [5.41, 5.74) is 0.443. The van der Waals surface area contributed by atoms with Crippen LogP contribution >= 0.6 is 0 Å². The molecular weight excluding hydrogens is 262 g/mol. The summed E-state index contributed by atoms with van der Waals surface area (Å²) in [7, 11) is 3.01. The Morgan fingerprint density at radius 1 is 1.25 bits per heavy atom. The Morgan fingerprint density at radius 2 is 2.00 bits per heavy atom. The molecule has 1 N–H and O–H groups in total. The average Bonchev–Trinajstić information content (AvgIpc) is 2.45. The highest BCUT2D eigenvalue weighted by atomic mass is 16.5. The normalized spacial score (nSPS) is 10.2. The fourth-order valence-corrected chi connectivity index (χ4v) is 1.42. The van der Waals surface area contributed by atoms with Gasteiger partial charge in [-0.1, -0.05) is 6.08 Å². The SMILES string of the molecule is C/C=C/C(=O)OCC(=O)Nc1cc(OC)ccc1OC. The lowest BCUT2D eigenvalue weighted by Crippen LogP contribution is -2.20. The summed E-state index contributed by atoms with van der Waals surface area (Å²) in [6, 6.07) is 4.99. The molecule has 0 fully saturated rings. The molecule has 0 saturated carbocycles. The van der Waals surface area contributed by atoms with Gasteiger partial charge in [0.25, 0.3) is 5.91 Å². The van der Waals surface area contributed by atoms with Crippen LogP contribution in [0.3, 0.4) is 0 Å². The molecule has 1 aromatic carbocycles. The number of methoxy groups -OCH3 is 2. The van der Waals surface area contributed by atoms with Crippen LogP contribution in [0.5, 0.6) is 11.5 Å². The fourth-order valence-electron chi connectivity index (χ4n) is 1.42. The lowest BCUT2D eigenvalue weighted by atomic mass is 10.2. The Labute approximate surface area is 117 Å². The number of anilines is 1. The molecule has 1 aromatic rings. The molecule has 0 saturated heterocycles. The molecule has 0 aromatic heterocycles. The minimum atomic E-state index is -0.569. The number of nitrogens with one attached hydrogen (secondary N) is 1. The lowest BCUT2D eigenvalue weighted by molar-refractivity contribution is -0.142. The van der Waals surface area contributed by atoms with E-state index in [1.165, 1.54) is 26.4 Å². The van der Waals surface area contributed by atoms with Gasteiger partial charge in [-0.25, -0.2) is 4.79 Å². The first kappa shape index (κ1) is 15.6. The largest absolute Gasteiger partial charge is 0.497 e. The third-order valence-electron chi connectivity index (χ3n) is 2.33. The Hall–Kier alpha value is -2.50. The zero-order valence-corrected chi connectivity index (χ0v) is 11.6. The first-order valence-electron chi connectivity index (χ1n) is 5.92. The van der Waals surface area contributed by atoms with Gasteiger partial charge in [-0.3, -0.25) is 4.79 Å². The molecule has 1 amide bonds. The highest BCUT2D eigenvalue weighted by Gasteiger charge is 2.10. The fraction of sp³-hybridized carbons (Fsp3) is 0.286. The van der Waals surface area contributed by atoms with Gasteiger partial charge < -0.3 is 19.5 Å². The van der Waals surface area contributed by atoms with E-state index in [1.54, 1.807) is 25.1 Å². The third kappa shape index (κ3) is 4.64. The topological polar surface area (TPSA) is 73.9 Å². The van der Waals surface area contributed by atoms with Gasteiger partial charge in [0.05, 0.1) is 19.9 Å². The number of allylic oxidation sites excluding steroid dienone is 1. The van der Waals surface area contributed by atoms with Crippen molar-refractivity contribution < 1.29 is 23.8 Å². The van der Waals surface area contributed by atoms with Crippen LogP contribution in [0.15, 0.2) is 30.4 Å². The molecule has 6 nitrogen and oxygen atoms in total. The zero-order valence-electron chi connectivity index (χ0n) is 11.6. The number of amides is 1. The van der Waals surface area contributed by atoms with Gasteiger partial charge in [-0.15, -0.1) is 0 Å². The molecule has 0 aliphatic carbocycles. The quantitative estimate of drug-likeness (QED) is 0.634. The number of carbonyl (C=O) groups excluding carboxylic acids is 2. The number of esters is 1. The molecule has 0 unspecified atom stereocenters. The monoisotopic (exact) mass is 279 g/mol. The summed E-state index contributed by atoms with van der Waals surface area (Å²) in [5, 5.41) is 2.59. The number of carbonyl (C=O) groups is 2. The minimum Gasteiger partial charge on any atom is -0.497 e. The average molecular weight is 279 g/mol. The van der Waals surface area contributed by atoms with Crippen LogP contribution < -0.4 is 14.8 Å². The van der Waals surface area contributed by atoms with Crippen LogP contribution in [0.2, 0.25) is 0 Å². The standard InChI is InChI=1S/C14H17NO5/c1-4-5-14(17)20-9-13(16)15-11-8-10(18-2)6-7-12(11)19-3/h4-8H,9H2,1-3H3,(H,15,16)/b5-4+. The van der Waals surface area contributed by atoms with Gasteiger partial charge in [0.2, 0.25) is 0 Å². The van der Waals surface area contributed by atoms with Crippen LogP contribution in [0.4, 0.5) is 5.69 Å². The molecule has 0 bridgehead atoms. The second-order valence-electron chi connectivity index (χ2n) is 3.72. The zero-order chi connectivity index (χ0) is 15.0. The number of hydrogen-bond acceptors (Lipinski definition) is 5. The first-order valence-corrected chi connectivity index (χ1v) is 5.92. The van der Waals surface area contributed by atoms with Crippen LogP contribution in [0, 0.1) is 0 Å². The minimum absolute atomic E-state index is 0.371. The van der Waals surface area contributed by atoms with Crippen LogP contribution in [-0.4, -0.2) is 32.7 Å². The van der Waals surface area contributed by atoms with E-state index >= 15 is 0 Å². The van der Waals surface area contributed by atoms with E-state index in [0.29, 0.717) is 17.2 Å². The molecule has 0 spiro atoms. The Kier molecular flexibility index (Phi) is 6.09. The van der Waals surface area contributed by atoms with Gasteiger partial charge in [0, 0.05) is 12.1 Å². The van der Waals surface area contributed by atoms with E-state index in [9.17, 15) is 9.59 Å². The van der Waals surface area contributed by atoms with Crippen LogP contribution in [0.25, 0.3) is 0 Å². The van der Waals surface area contributed by atoms with E-state index in [0.717, 1.165) is 0 Å². The van der Waals surface area contributed by atoms with Crippen molar-refractivity contribution in [3.05, 3.63) is 30.4 Å². The van der Waals surface area contributed by atoms with Crippen molar-refractivity contribution in [2.75, 3.05) is 26.1 Å². The van der Waals surface area contributed by atoms with Crippen molar-refractivity contribution in [1.29, 1.82) is 0 Å². The second-order valence-corrected chi connectivity index (χ2v) is 3.72. The molecule has 0 aliphatic rings. The highest BCUT2D eigenvalue weighted by molar-refractivity contribution is 5.95. The summed E-state index contributed by atoms with van der Waals surface area (Å²) in [6.07, 6.45) is 2.77. The van der Waals surface area contributed by atoms with E-state index in [2.05, 4.69) is 5.32 Å². The molecular formula is C14H17NO5.